The average molecular weight is 407 g/mol. The zero-order chi connectivity index (χ0) is 20.8. The Morgan fingerprint density at radius 3 is 2.46 bits per heavy atom. The van der Waals surface area contributed by atoms with E-state index in [4.69, 9.17) is 25.8 Å². The van der Waals surface area contributed by atoms with Crippen LogP contribution in [0.15, 0.2) is 18.2 Å². The third kappa shape index (κ3) is 4.68. The van der Waals surface area contributed by atoms with Gasteiger partial charge in [0.05, 0.1) is 19.9 Å². The van der Waals surface area contributed by atoms with Gasteiger partial charge in [0, 0.05) is 29.9 Å². The molecule has 2 rings (SSSR count). The molecule has 2 aromatic rings. The fraction of sp³-hybridized carbons (Fsp3) is 0.429. The SMILES string of the molecule is CCCN(CC)c1cc(C)nc(Oc2c(C)cc(Cl)cc2OC)c1C(=O)OC. The Morgan fingerprint density at radius 1 is 1.18 bits per heavy atom. The highest BCUT2D eigenvalue weighted by molar-refractivity contribution is 6.30. The maximum atomic E-state index is 12.7. The number of carbonyl (C=O) groups excluding carboxylic acids is 1. The van der Waals surface area contributed by atoms with Crippen molar-refractivity contribution < 1.29 is 19.0 Å². The second kappa shape index (κ2) is 9.64. The van der Waals surface area contributed by atoms with Crippen LogP contribution in [0, 0.1) is 13.8 Å². The Labute approximate surface area is 171 Å². The van der Waals surface area contributed by atoms with Gasteiger partial charge in [-0.05, 0) is 44.9 Å². The topological polar surface area (TPSA) is 60.9 Å². The molecular weight excluding hydrogens is 380 g/mol. The van der Waals surface area contributed by atoms with Crippen LogP contribution in [0.1, 0.15) is 41.9 Å². The van der Waals surface area contributed by atoms with Crippen molar-refractivity contribution in [2.24, 2.45) is 0 Å². The number of esters is 1. The number of pyridine rings is 1. The second-order valence-electron chi connectivity index (χ2n) is 6.39. The zero-order valence-corrected chi connectivity index (χ0v) is 18.0. The molecule has 0 unspecified atom stereocenters. The van der Waals surface area contributed by atoms with E-state index >= 15 is 0 Å². The molecule has 0 aliphatic heterocycles. The van der Waals surface area contributed by atoms with Gasteiger partial charge in [0.25, 0.3) is 0 Å². The lowest BCUT2D eigenvalue weighted by Gasteiger charge is -2.26. The van der Waals surface area contributed by atoms with Gasteiger partial charge in [-0.15, -0.1) is 0 Å². The van der Waals surface area contributed by atoms with Gasteiger partial charge >= 0.3 is 5.97 Å². The standard InChI is InChI=1S/C21H27ClN2O4/c1-7-9-24(8-2)16-11-14(4)23-20(18(16)21(25)27-6)28-19-13(3)10-15(22)12-17(19)26-5/h10-12H,7-9H2,1-6H3. The van der Waals surface area contributed by atoms with Crippen molar-refractivity contribution in [2.75, 3.05) is 32.2 Å². The van der Waals surface area contributed by atoms with Crippen molar-refractivity contribution in [1.29, 1.82) is 0 Å². The van der Waals surface area contributed by atoms with Crippen LogP contribution in [0.2, 0.25) is 5.02 Å². The molecule has 152 valence electrons. The number of halogens is 1. The van der Waals surface area contributed by atoms with Crippen molar-refractivity contribution in [3.8, 4) is 17.4 Å². The average Bonchev–Trinajstić information content (AvgIpc) is 2.66. The predicted molar refractivity (Wildman–Crippen MR) is 111 cm³/mol. The first-order valence-corrected chi connectivity index (χ1v) is 9.60. The Bertz CT molecular complexity index is 855. The third-order valence-electron chi connectivity index (χ3n) is 4.32. The van der Waals surface area contributed by atoms with Crippen LogP contribution in [-0.4, -0.2) is 38.3 Å². The highest BCUT2D eigenvalue weighted by Crippen LogP contribution is 2.40. The molecule has 1 heterocycles. The van der Waals surface area contributed by atoms with E-state index in [1.165, 1.54) is 14.2 Å². The van der Waals surface area contributed by atoms with E-state index in [-0.39, 0.29) is 5.88 Å². The minimum atomic E-state index is -0.502. The van der Waals surface area contributed by atoms with Crippen LogP contribution in [0.5, 0.6) is 17.4 Å². The first kappa shape index (κ1) is 21.8. The van der Waals surface area contributed by atoms with E-state index in [0.717, 1.165) is 36.5 Å². The Morgan fingerprint density at radius 2 is 1.89 bits per heavy atom. The minimum Gasteiger partial charge on any atom is -0.493 e. The molecular formula is C21H27ClN2O4. The molecule has 0 atom stereocenters. The van der Waals surface area contributed by atoms with E-state index in [2.05, 4.69) is 16.8 Å². The van der Waals surface area contributed by atoms with E-state index in [1.807, 2.05) is 26.8 Å². The number of carbonyl (C=O) groups is 1. The van der Waals surface area contributed by atoms with Gasteiger partial charge in [-0.1, -0.05) is 18.5 Å². The van der Waals surface area contributed by atoms with Gasteiger partial charge in [-0.2, -0.15) is 0 Å². The summed E-state index contributed by atoms with van der Waals surface area (Å²) in [6.45, 7) is 9.39. The van der Waals surface area contributed by atoms with Gasteiger partial charge in [0.15, 0.2) is 11.5 Å². The summed E-state index contributed by atoms with van der Waals surface area (Å²) < 4.78 is 16.6. The lowest BCUT2D eigenvalue weighted by Crippen LogP contribution is -2.26. The minimum absolute atomic E-state index is 0.181. The molecule has 0 radical (unpaired) electrons. The van der Waals surface area contributed by atoms with Gasteiger partial charge in [0.1, 0.15) is 5.56 Å². The van der Waals surface area contributed by atoms with Gasteiger partial charge < -0.3 is 19.1 Å². The highest BCUT2D eigenvalue weighted by Gasteiger charge is 2.25. The molecule has 0 amide bonds. The summed E-state index contributed by atoms with van der Waals surface area (Å²) in [6, 6.07) is 5.31. The molecule has 0 saturated carbocycles. The number of aryl methyl sites for hydroxylation is 2. The summed E-state index contributed by atoms with van der Waals surface area (Å²) in [4.78, 5) is 19.2. The number of rotatable bonds is 8. The lowest BCUT2D eigenvalue weighted by atomic mass is 10.1. The molecule has 1 aromatic heterocycles. The molecule has 1 aromatic carbocycles. The molecule has 0 fully saturated rings. The number of anilines is 1. The Kier molecular flexibility index (Phi) is 7.52. The maximum absolute atomic E-state index is 12.7. The second-order valence-corrected chi connectivity index (χ2v) is 6.83. The Balaban J connectivity index is 2.67. The summed E-state index contributed by atoms with van der Waals surface area (Å²) in [5.41, 5.74) is 2.54. The van der Waals surface area contributed by atoms with Gasteiger partial charge in [-0.25, -0.2) is 9.78 Å². The Hall–Kier alpha value is -2.47. The molecule has 6 nitrogen and oxygen atoms in total. The fourth-order valence-electron chi connectivity index (χ4n) is 3.04. The summed E-state index contributed by atoms with van der Waals surface area (Å²) >= 11 is 6.12. The number of benzene rings is 1. The highest BCUT2D eigenvalue weighted by atomic mass is 35.5. The normalized spacial score (nSPS) is 10.5. The smallest absolute Gasteiger partial charge is 0.345 e. The summed E-state index contributed by atoms with van der Waals surface area (Å²) in [6.07, 6.45) is 0.941. The summed E-state index contributed by atoms with van der Waals surface area (Å²) in [5.74, 6) is 0.601. The van der Waals surface area contributed by atoms with Crippen molar-refractivity contribution >= 4 is 23.3 Å². The van der Waals surface area contributed by atoms with E-state index < -0.39 is 5.97 Å². The molecule has 7 heteroatoms. The number of hydrogen-bond donors (Lipinski definition) is 0. The molecule has 28 heavy (non-hydrogen) atoms. The van der Waals surface area contributed by atoms with Crippen LogP contribution in [0.4, 0.5) is 5.69 Å². The summed E-state index contributed by atoms with van der Waals surface area (Å²) in [5, 5.41) is 0.535. The number of aromatic nitrogens is 1. The number of hydrogen-bond acceptors (Lipinski definition) is 6. The molecule has 0 N–H and O–H groups in total. The molecule has 0 bridgehead atoms. The zero-order valence-electron chi connectivity index (χ0n) is 17.3. The predicted octanol–water partition coefficient (Wildman–Crippen LogP) is 5.18. The number of nitrogens with zero attached hydrogens (tertiary/aromatic N) is 2. The first-order valence-electron chi connectivity index (χ1n) is 9.23. The van der Waals surface area contributed by atoms with E-state index in [0.29, 0.717) is 22.1 Å². The molecule has 0 spiro atoms. The third-order valence-corrected chi connectivity index (χ3v) is 4.54. The largest absolute Gasteiger partial charge is 0.493 e. The van der Waals surface area contributed by atoms with Crippen LogP contribution < -0.4 is 14.4 Å². The monoisotopic (exact) mass is 406 g/mol. The van der Waals surface area contributed by atoms with Crippen LogP contribution in [0.25, 0.3) is 0 Å². The maximum Gasteiger partial charge on any atom is 0.345 e. The van der Waals surface area contributed by atoms with Crippen molar-refractivity contribution in [2.45, 2.75) is 34.1 Å². The number of ether oxygens (including phenoxy) is 3. The fourth-order valence-corrected chi connectivity index (χ4v) is 3.30. The lowest BCUT2D eigenvalue weighted by molar-refractivity contribution is 0.0597. The van der Waals surface area contributed by atoms with Crippen molar-refractivity contribution in [3.63, 3.8) is 0 Å². The van der Waals surface area contributed by atoms with Crippen LogP contribution in [0.3, 0.4) is 0 Å². The van der Waals surface area contributed by atoms with Crippen molar-refractivity contribution in [3.05, 3.63) is 40.0 Å². The van der Waals surface area contributed by atoms with Gasteiger partial charge in [-0.3, -0.25) is 0 Å². The van der Waals surface area contributed by atoms with Gasteiger partial charge in [0.2, 0.25) is 5.88 Å². The summed E-state index contributed by atoms with van der Waals surface area (Å²) in [7, 11) is 2.88. The van der Waals surface area contributed by atoms with E-state index in [9.17, 15) is 4.79 Å². The quantitative estimate of drug-likeness (QED) is 0.563. The molecule has 0 aliphatic carbocycles. The molecule has 0 aliphatic rings. The number of methoxy groups -OCH3 is 2. The first-order chi connectivity index (χ1) is 13.4. The molecule has 0 saturated heterocycles. The van der Waals surface area contributed by atoms with Crippen LogP contribution in [-0.2, 0) is 4.74 Å². The van der Waals surface area contributed by atoms with Crippen molar-refractivity contribution in [1.82, 2.24) is 4.98 Å². The van der Waals surface area contributed by atoms with Crippen LogP contribution >= 0.6 is 11.6 Å². The van der Waals surface area contributed by atoms with E-state index in [1.54, 1.807) is 12.1 Å².